The number of hydrogen-bond donors (Lipinski definition) is 0. The molecule has 7 nitrogen and oxygen atoms in total. The van der Waals surface area contributed by atoms with E-state index in [1.54, 1.807) is 12.4 Å². The zero-order chi connectivity index (χ0) is 15.5. The number of aromatic nitrogens is 6. The molecule has 114 valence electrons. The van der Waals surface area contributed by atoms with Gasteiger partial charge >= 0.3 is 0 Å². The van der Waals surface area contributed by atoms with Crippen molar-refractivity contribution < 1.29 is 4.52 Å². The molecule has 0 aliphatic rings. The van der Waals surface area contributed by atoms with E-state index in [-0.39, 0.29) is 5.25 Å². The van der Waals surface area contributed by atoms with Crippen LogP contribution in [-0.4, -0.2) is 29.9 Å². The van der Waals surface area contributed by atoms with E-state index in [9.17, 15) is 0 Å². The topological polar surface area (TPSA) is 82.5 Å². The minimum atomic E-state index is 0.0115. The molecule has 0 aliphatic heterocycles. The molecule has 0 aliphatic carbocycles. The molecule has 3 rings (SSSR count). The van der Waals surface area contributed by atoms with Crippen LogP contribution in [0.5, 0.6) is 0 Å². The molecule has 0 fully saturated rings. The van der Waals surface area contributed by atoms with Crippen molar-refractivity contribution in [2.24, 2.45) is 7.05 Å². The molecule has 3 heterocycles. The first-order valence-corrected chi connectivity index (χ1v) is 7.86. The van der Waals surface area contributed by atoms with E-state index in [1.807, 2.05) is 37.6 Å². The van der Waals surface area contributed by atoms with Crippen LogP contribution in [0.25, 0.3) is 11.4 Å². The number of aryl methyl sites for hydroxylation is 1. The second-order valence-electron chi connectivity index (χ2n) is 4.77. The van der Waals surface area contributed by atoms with E-state index in [1.165, 1.54) is 11.8 Å². The fourth-order valence-electron chi connectivity index (χ4n) is 1.95. The summed E-state index contributed by atoms with van der Waals surface area (Å²) in [5.74, 6) is 2.10. The second-order valence-corrected chi connectivity index (χ2v) is 6.08. The normalized spacial score (nSPS) is 12.5. The van der Waals surface area contributed by atoms with Crippen LogP contribution in [0, 0.1) is 0 Å². The van der Waals surface area contributed by atoms with Crippen LogP contribution < -0.4 is 0 Å². The Morgan fingerprint density at radius 2 is 2.23 bits per heavy atom. The van der Waals surface area contributed by atoms with Crippen molar-refractivity contribution >= 4 is 11.8 Å². The molecule has 0 unspecified atom stereocenters. The largest absolute Gasteiger partial charge is 0.338 e. The van der Waals surface area contributed by atoms with Gasteiger partial charge in [0, 0.05) is 31.4 Å². The molecule has 0 saturated carbocycles. The van der Waals surface area contributed by atoms with Gasteiger partial charge in [-0.15, -0.1) is 10.2 Å². The van der Waals surface area contributed by atoms with Gasteiger partial charge in [-0.05, 0) is 19.1 Å². The predicted molar refractivity (Wildman–Crippen MR) is 82.2 cm³/mol. The fraction of sp³-hybridized carbons (Fsp3) is 0.357. The van der Waals surface area contributed by atoms with Gasteiger partial charge in [0.1, 0.15) is 0 Å². The van der Waals surface area contributed by atoms with Crippen molar-refractivity contribution in [2.45, 2.75) is 30.7 Å². The molecular weight excluding hydrogens is 300 g/mol. The van der Waals surface area contributed by atoms with Gasteiger partial charge < -0.3 is 9.09 Å². The molecule has 0 N–H and O–H groups in total. The third-order valence-electron chi connectivity index (χ3n) is 3.18. The summed E-state index contributed by atoms with van der Waals surface area (Å²) in [4.78, 5) is 8.46. The molecule has 0 radical (unpaired) electrons. The lowest BCUT2D eigenvalue weighted by Gasteiger charge is -2.06. The molecule has 0 spiro atoms. The highest BCUT2D eigenvalue weighted by molar-refractivity contribution is 7.99. The van der Waals surface area contributed by atoms with Gasteiger partial charge in [0.25, 0.3) is 0 Å². The Morgan fingerprint density at radius 3 is 2.91 bits per heavy atom. The molecule has 8 heteroatoms. The molecule has 0 amide bonds. The van der Waals surface area contributed by atoms with Crippen LogP contribution in [0.1, 0.15) is 30.8 Å². The first-order chi connectivity index (χ1) is 10.7. The number of thioether (sulfide) groups is 1. The first-order valence-electron chi connectivity index (χ1n) is 6.98. The fourth-order valence-corrected chi connectivity index (χ4v) is 2.79. The highest BCUT2D eigenvalue weighted by atomic mass is 32.2. The average Bonchev–Trinajstić information content (AvgIpc) is 3.16. The lowest BCUT2D eigenvalue weighted by molar-refractivity contribution is 0.375. The Balaban J connectivity index is 1.80. The minimum absolute atomic E-state index is 0.0115. The monoisotopic (exact) mass is 316 g/mol. The number of hydrogen-bond acceptors (Lipinski definition) is 7. The third kappa shape index (κ3) is 2.87. The summed E-state index contributed by atoms with van der Waals surface area (Å²) in [5, 5.41) is 13.2. The second kappa shape index (κ2) is 6.27. The van der Waals surface area contributed by atoms with Crippen molar-refractivity contribution in [1.29, 1.82) is 0 Å². The summed E-state index contributed by atoms with van der Waals surface area (Å²) < 4.78 is 7.21. The summed E-state index contributed by atoms with van der Waals surface area (Å²) >= 11 is 1.54. The van der Waals surface area contributed by atoms with Gasteiger partial charge in [0.2, 0.25) is 5.89 Å². The summed E-state index contributed by atoms with van der Waals surface area (Å²) in [6.45, 7) is 4.01. The van der Waals surface area contributed by atoms with Crippen molar-refractivity contribution in [3.05, 3.63) is 36.2 Å². The van der Waals surface area contributed by atoms with Crippen LogP contribution in [0.3, 0.4) is 0 Å². The summed E-state index contributed by atoms with van der Waals surface area (Å²) in [6.07, 6.45) is 4.27. The van der Waals surface area contributed by atoms with Crippen LogP contribution in [0.2, 0.25) is 0 Å². The van der Waals surface area contributed by atoms with Gasteiger partial charge in [-0.2, -0.15) is 4.98 Å². The standard InChI is InChI=1S/C14H16N6OS/c1-4-11-16-13(21-19-11)9(2)22-14-18-17-12(20(14)3)10-6-5-7-15-8-10/h5-9H,4H2,1-3H3/t9-/m1/s1. The van der Waals surface area contributed by atoms with Crippen molar-refractivity contribution in [2.75, 3.05) is 0 Å². The Bertz CT molecular complexity index is 754. The van der Waals surface area contributed by atoms with Crippen LogP contribution in [-0.2, 0) is 13.5 Å². The van der Waals surface area contributed by atoms with E-state index in [2.05, 4.69) is 25.3 Å². The molecule has 3 aromatic rings. The Labute approximate surface area is 132 Å². The first kappa shape index (κ1) is 14.7. The molecule has 22 heavy (non-hydrogen) atoms. The number of pyridine rings is 1. The number of nitrogens with zero attached hydrogens (tertiary/aromatic N) is 6. The van der Waals surface area contributed by atoms with E-state index < -0.39 is 0 Å². The van der Waals surface area contributed by atoms with Crippen molar-refractivity contribution in [3.63, 3.8) is 0 Å². The molecular formula is C14H16N6OS. The van der Waals surface area contributed by atoms with Crippen molar-refractivity contribution in [1.82, 2.24) is 29.9 Å². The maximum absolute atomic E-state index is 5.27. The maximum atomic E-state index is 5.27. The van der Waals surface area contributed by atoms with E-state index >= 15 is 0 Å². The molecule has 0 bridgehead atoms. The van der Waals surface area contributed by atoms with Gasteiger partial charge in [-0.1, -0.05) is 23.8 Å². The van der Waals surface area contributed by atoms with E-state index in [0.29, 0.717) is 5.89 Å². The maximum Gasteiger partial charge on any atom is 0.239 e. The Kier molecular flexibility index (Phi) is 4.19. The lowest BCUT2D eigenvalue weighted by atomic mass is 10.3. The highest BCUT2D eigenvalue weighted by Gasteiger charge is 2.19. The van der Waals surface area contributed by atoms with Crippen LogP contribution in [0.4, 0.5) is 0 Å². The Morgan fingerprint density at radius 1 is 1.36 bits per heavy atom. The molecule has 0 saturated heterocycles. The van der Waals surface area contributed by atoms with Gasteiger partial charge in [-0.3, -0.25) is 4.98 Å². The van der Waals surface area contributed by atoms with E-state index in [0.717, 1.165) is 28.8 Å². The zero-order valence-corrected chi connectivity index (χ0v) is 13.4. The van der Waals surface area contributed by atoms with Crippen LogP contribution in [0.15, 0.2) is 34.2 Å². The quantitative estimate of drug-likeness (QED) is 0.669. The minimum Gasteiger partial charge on any atom is -0.338 e. The SMILES string of the molecule is CCc1noc([C@@H](C)Sc2nnc(-c3cccnc3)n2C)n1. The summed E-state index contributed by atoms with van der Waals surface area (Å²) in [7, 11) is 1.93. The van der Waals surface area contributed by atoms with Crippen molar-refractivity contribution in [3.8, 4) is 11.4 Å². The molecule has 0 aromatic carbocycles. The van der Waals surface area contributed by atoms with Gasteiger partial charge in [0.15, 0.2) is 16.8 Å². The molecule has 3 aromatic heterocycles. The lowest BCUT2D eigenvalue weighted by Crippen LogP contribution is -1.97. The summed E-state index contributed by atoms with van der Waals surface area (Å²) in [6, 6.07) is 3.84. The zero-order valence-electron chi connectivity index (χ0n) is 12.6. The average molecular weight is 316 g/mol. The summed E-state index contributed by atoms with van der Waals surface area (Å²) in [5.41, 5.74) is 0.933. The van der Waals surface area contributed by atoms with Crippen LogP contribution >= 0.6 is 11.8 Å². The third-order valence-corrected chi connectivity index (χ3v) is 4.31. The highest BCUT2D eigenvalue weighted by Crippen LogP contribution is 2.33. The smallest absolute Gasteiger partial charge is 0.239 e. The predicted octanol–water partition coefficient (Wildman–Crippen LogP) is 2.68. The van der Waals surface area contributed by atoms with Gasteiger partial charge in [-0.25, -0.2) is 0 Å². The molecule has 1 atom stereocenters. The Hall–Kier alpha value is -2.22. The number of rotatable bonds is 5. The van der Waals surface area contributed by atoms with E-state index in [4.69, 9.17) is 4.52 Å². The van der Waals surface area contributed by atoms with Gasteiger partial charge in [0.05, 0.1) is 5.25 Å².